The maximum Gasteiger partial charge on any atom is 0.149 e. The van der Waals surface area contributed by atoms with Gasteiger partial charge in [-0.25, -0.2) is 4.98 Å². The number of aromatic hydroxyl groups is 1. The van der Waals surface area contributed by atoms with Crippen LogP contribution in [0.4, 0.5) is 0 Å². The zero-order chi connectivity index (χ0) is 46.5. The summed E-state index contributed by atoms with van der Waals surface area (Å²) in [6.45, 7) is 15.3. The van der Waals surface area contributed by atoms with E-state index < -0.39 is 0 Å². The normalized spacial score (nSPS) is 11.9. The molecule has 0 bridgehead atoms. The molecule has 0 spiro atoms. The van der Waals surface area contributed by atoms with E-state index in [1.807, 2.05) is 12.3 Å². The topological polar surface area (TPSA) is 50.9 Å². The number of nitrogens with zero attached hydrogens (tertiary/aromatic N) is 3. The van der Waals surface area contributed by atoms with Crippen molar-refractivity contribution in [2.24, 2.45) is 0 Å². The first kappa shape index (κ1) is 43.1. The number of aromatic nitrogens is 3. The van der Waals surface area contributed by atoms with Gasteiger partial charge in [0.2, 0.25) is 0 Å². The van der Waals surface area contributed by atoms with E-state index in [2.05, 4.69) is 241 Å². The number of phenols is 1. The molecule has 10 aromatic rings. The summed E-state index contributed by atoms with van der Waals surface area (Å²) in [5, 5.41) is 12.5. The van der Waals surface area contributed by atoms with Crippen molar-refractivity contribution in [3.05, 3.63) is 217 Å². The second-order valence-electron chi connectivity index (χ2n) is 19.8. The zero-order valence-electron chi connectivity index (χ0n) is 39.3. The fraction of sp³-hybridized carbons (Fsp3) is 0.143. The Morgan fingerprint density at radius 3 is 1.66 bits per heavy atom. The maximum atomic E-state index is 12.5. The molecule has 67 heavy (non-hydrogen) atoms. The molecule has 0 saturated carbocycles. The largest absolute Gasteiger partial charge is 0.507 e. The summed E-state index contributed by atoms with van der Waals surface area (Å²) in [6, 6.07) is 68.8. The zero-order valence-corrected chi connectivity index (χ0v) is 39.3. The molecule has 1 N–H and O–H groups in total. The van der Waals surface area contributed by atoms with Gasteiger partial charge in [-0.15, -0.1) is 0 Å². The van der Waals surface area contributed by atoms with E-state index in [-0.39, 0.29) is 16.6 Å². The van der Waals surface area contributed by atoms with Crippen molar-refractivity contribution < 1.29 is 5.11 Å². The Balaban J connectivity index is 1.21. The minimum atomic E-state index is -0.327. The number of hydrogen-bond donors (Lipinski definition) is 1. The van der Waals surface area contributed by atoms with Crippen LogP contribution in [-0.4, -0.2) is 19.6 Å². The highest BCUT2D eigenvalue weighted by molar-refractivity contribution is 5.98. The second-order valence-corrected chi connectivity index (χ2v) is 19.8. The van der Waals surface area contributed by atoms with Crippen molar-refractivity contribution in [3.8, 4) is 89.7 Å². The van der Waals surface area contributed by atoms with Gasteiger partial charge in [0.15, 0.2) is 0 Å². The van der Waals surface area contributed by atoms with E-state index in [4.69, 9.17) is 9.97 Å². The lowest BCUT2D eigenvalue weighted by molar-refractivity contribution is 0.446. The molecule has 0 aliphatic carbocycles. The third-order valence-corrected chi connectivity index (χ3v) is 12.9. The predicted molar refractivity (Wildman–Crippen MR) is 281 cm³/mol. The number of para-hydroxylation sites is 1. The summed E-state index contributed by atoms with van der Waals surface area (Å²) in [4.78, 5) is 10.7. The Morgan fingerprint density at radius 2 is 1.01 bits per heavy atom. The van der Waals surface area contributed by atoms with Crippen molar-refractivity contribution in [1.29, 1.82) is 0 Å². The molecule has 0 fully saturated rings. The first-order valence-electron chi connectivity index (χ1n) is 23.2. The van der Waals surface area contributed by atoms with Crippen LogP contribution in [0.25, 0.3) is 95.0 Å². The Bertz CT molecular complexity index is 3410. The van der Waals surface area contributed by atoms with Crippen molar-refractivity contribution in [2.75, 3.05) is 0 Å². The van der Waals surface area contributed by atoms with Gasteiger partial charge in [0.1, 0.15) is 11.6 Å². The van der Waals surface area contributed by atoms with Crippen LogP contribution in [0.15, 0.2) is 200 Å². The highest BCUT2D eigenvalue weighted by Crippen LogP contribution is 2.46. The van der Waals surface area contributed by atoms with Crippen LogP contribution in [0.2, 0.25) is 0 Å². The Morgan fingerprint density at radius 1 is 0.433 bits per heavy atom. The monoisotopic (exact) mass is 869 g/mol. The minimum absolute atomic E-state index is 0.186. The van der Waals surface area contributed by atoms with Crippen molar-refractivity contribution in [2.45, 2.75) is 59.3 Å². The van der Waals surface area contributed by atoms with E-state index in [0.29, 0.717) is 11.4 Å². The molecule has 4 heteroatoms. The van der Waals surface area contributed by atoms with E-state index in [1.54, 1.807) is 0 Å². The van der Waals surface area contributed by atoms with E-state index in [9.17, 15) is 5.11 Å². The van der Waals surface area contributed by atoms with Crippen LogP contribution in [0.5, 0.6) is 5.75 Å². The lowest BCUT2D eigenvalue weighted by atomic mass is 9.79. The molecule has 10 rings (SSSR count). The number of aryl methyl sites for hydroxylation is 1. The van der Waals surface area contributed by atoms with Gasteiger partial charge in [-0.05, 0) is 122 Å². The van der Waals surface area contributed by atoms with Gasteiger partial charge in [-0.3, -0.25) is 9.55 Å². The van der Waals surface area contributed by atoms with Crippen LogP contribution < -0.4 is 0 Å². The standard InChI is InChI=1S/C63H55N3O/c1-41-26-31-57(53(34-41)46-22-15-10-16-23-46)66-58-25-17-24-52(59(58)65-61(66)54-39-51(62(2,3)4)40-55(60(54)67)63(5,6)7)49-35-48(43-20-13-9-14-21-43)36-50(37-49)56-38-47(32-33-64-56)45-29-27-44(28-30-45)42-18-11-8-12-19-42/h8-40,67H,1-7H3. The van der Waals surface area contributed by atoms with Gasteiger partial charge in [0.25, 0.3) is 0 Å². The van der Waals surface area contributed by atoms with Gasteiger partial charge >= 0.3 is 0 Å². The molecule has 0 radical (unpaired) electrons. The van der Waals surface area contributed by atoms with Gasteiger partial charge in [-0.1, -0.05) is 187 Å². The summed E-state index contributed by atoms with van der Waals surface area (Å²) < 4.78 is 2.27. The van der Waals surface area contributed by atoms with Gasteiger partial charge < -0.3 is 5.11 Å². The number of pyridine rings is 1. The molecule has 0 saturated heterocycles. The third kappa shape index (κ3) is 8.48. The molecule has 2 aromatic heterocycles. The fourth-order valence-electron chi connectivity index (χ4n) is 9.24. The van der Waals surface area contributed by atoms with Gasteiger partial charge in [0.05, 0.1) is 28.0 Å². The molecule has 0 aliphatic rings. The van der Waals surface area contributed by atoms with Crippen molar-refractivity contribution >= 4 is 11.0 Å². The second kappa shape index (κ2) is 17.2. The number of rotatable bonds is 8. The Kier molecular flexibility index (Phi) is 11.1. The van der Waals surface area contributed by atoms with Crippen molar-refractivity contribution in [3.63, 3.8) is 0 Å². The number of hydrogen-bond acceptors (Lipinski definition) is 3. The highest BCUT2D eigenvalue weighted by Gasteiger charge is 2.29. The SMILES string of the molecule is Cc1ccc(-n2c(-c3cc(C(C)(C)C)cc(C(C)(C)C)c3O)nc3c(-c4cc(-c5ccccc5)cc(-c5cc(-c6ccc(-c7ccccc7)cc6)ccn5)c4)cccc32)c(-c2ccccc2)c1. The first-order chi connectivity index (χ1) is 32.3. The van der Waals surface area contributed by atoms with E-state index in [0.717, 1.165) is 89.2 Å². The molecule has 328 valence electrons. The number of benzene rings is 8. The molecule has 0 aliphatic heterocycles. The molecule has 4 nitrogen and oxygen atoms in total. The molecule has 0 amide bonds. The van der Waals surface area contributed by atoms with Crippen molar-refractivity contribution in [1.82, 2.24) is 14.5 Å². The van der Waals surface area contributed by atoms with Gasteiger partial charge in [0, 0.05) is 28.5 Å². The lowest BCUT2D eigenvalue weighted by Crippen LogP contribution is -2.17. The summed E-state index contributed by atoms with van der Waals surface area (Å²) in [7, 11) is 0. The van der Waals surface area contributed by atoms with Crippen LogP contribution in [0.1, 0.15) is 58.2 Å². The number of imidazole rings is 1. The Hall–Kier alpha value is -7.82. The maximum absolute atomic E-state index is 12.5. The quantitative estimate of drug-likeness (QED) is 0.165. The minimum Gasteiger partial charge on any atom is -0.507 e. The summed E-state index contributed by atoms with van der Waals surface area (Å²) in [5.41, 5.74) is 19.0. The van der Waals surface area contributed by atoms with Crippen LogP contribution in [-0.2, 0) is 10.8 Å². The first-order valence-corrected chi connectivity index (χ1v) is 23.2. The molecule has 0 unspecified atom stereocenters. The summed E-state index contributed by atoms with van der Waals surface area (Å²) in [6.07, 6.45) is 1.91. The summed E-state index contributed by atoms with van der Waals surface area (Å²) in [5.74, 6) is 0.936. The molecule has 2 heterocycles. The summed E-state index contributed by atoms with van der Waals surface area (Å²) >= 11 is 0. The van der Waals surface area contributed by atoms with E-state index in [1.165, 1.54) is 11.1 Å². The third-order valence-electron chi connectivity index (χ3n) is 12.9. The van der Waals surface area contributed by atoms with Gasteiger partial charge in [-0.2, -0.15) is 0 Å². The molecule has 8 aromatic carbocycles. The average molecular weight is 870 g/mol. The van der Waals surface area contributed by atoms with Crippen LogP contribution in [0, 0.1) is 6.92 Å². The molecular weight excluding hydrogens is 815 g/mol. The highest BCUT2D eigenvalue weighted by atomic mass is 16.3. The predicted octanol–water partition coefficient (Wildman–Crippen LogP) is 16.7. The van der Waals surface area contributed by atoms with E-state index >= 15 is 0 Å². The van der Waals surface area contributed by atoms with Crippen LogP contribution in [0.3, 0.4) is 0 Å². The lowest BCUT2D eigenvalue weighted by Gasteiger charge is -2.27. The number of fused-ring (bicyclic) bond motifs is 1. The molecule has 0 atom stereocenters. The smallest absolute Gasteiger partial charge is 0.149 e. The number of phenolic OH excluding ortho intramolecular Hbond substituents is 1. The fourth-order valence-corrected chi connectivity index (χ4v) is 9.24. The average Bonchev–Trinajstić information content (AvgIpc) is 3.73. The molecular formula is C63H55N3O. The van der Waals surface area contributed by atoms with Crippen LogP contribution >= 0.6 is 0 Å². The Labute approximate surface area is 395 Å².